The lowest BCUT2D eigenvalue weighted by molar-refractivity contribution is -0.115. The van der Waals surface area contributed by atoms with Gasteiger partial charge in [-0.2, -0.15) is 0 Å². The number of carbonyl (C=O) groups excluding carboxylic acids is 1. The summed E-state index contributed by atoms with van der Waals surface area (Å²) in [5.41, 5.74) is 0.826. The van der Waals surface area contributed by atoms with E-state index in [-0.39, 0.29) is 5.91 Å². The quantitative estimate of drug-likeness (QED) is 0.606. The molecule has 0 saturated carbocycles. The second-order valence-electron chi connectivity index (χ2n) is 4.68. The number of rotatable bonds is 5. The maximum absolute atomic E-state index is 11.8. The number of hydrogen-bond acceptors (Lipinski definition) is 5. The van der Waals surface area contributed by atoms with Gasteiger partial charge < -0.3 is 14.6 Å². The van der Waals surface area contributed by atoms with Crippen LogP contribution in [0, 0.1) is 0 Å². The minimum atomic E-state index is -0.177. The molecule has 1 amide bonds. The summed E-state index contributed by atoms with van der Waals surface area (Å²) in [6.07, 6.45) is 7.15. The Morgan fingerprint density at radius 3 is 3.04 bits per heavy atom. The molecule has 5 nitrogen and oxygen atoms in total. The molecule has 0 unspecified atom stereocenters. The molecule has 0 atom stereocenters. The van der Waals surface area contributed by atoms with Crippen LogP contribution in [0.1, 0.15) is 5.56 Å². The summed E-state index contributed by atoms with van der Waals surface area (Å²) in [6, 6.07) is 5.69. The summed E-state index contributed by atoms with van der Waals surface area (Å²) in [5.74, 6) is 0.538. The molecular formula is C15H12BrN3O2S2. The smallest absolute Gasteiger partial charge is 0.263 e. The number of benzene rings is 1. The summed E-state index contributed by atoms with van der Waals surface area (Å²) in [5, 5.41) is 2.61. The van der Waals surface area contributed by atoms with Crippen LogP contribution in [-0.2, 0) is 11.3 Å². The van der Waals surface area contributed by atoms with Crippen molar-refractivity contribution in [2.45, 2.75) is 6.54 Å². The van der Waals surface area contributed by atoms with Crippen molar-refractivity contribution >= 4 is 56.2 Å². The summed E-state index contributed by atoms with van der Waals surface area (Å²) < 4.78 is 9.18. The SMILES string of the molecule is O=C1NC(=S)S/C1=C/c1cc(Br)ccc1OCCn1ccnc1. The van der Waals surface area contributed by atoms with Gasteiger partial charge in [-0.25, -0.2) is 4.98 Å². The van der Waals surface area contributed by atoms with Crippen LogP contribution >= 0.6 is 39.9 Å². The minimum absolute atomic E-state index is 0.177. The number of nitrogens with one attached hydrogen (secondary N) is 1. The molecule has 1 aromatic heterocycles. The molecule has 0 bridgehead atoms. The van der Waals surface area contributed by atoms with E-state index in [9.17, 15) is 4.79 Å². The van der Waals surface area contributed by atoms with Gasteiger partial charge in [0.1, 0.15) is 16.7 Å². The highest BCUT2D eigenvalue weighted by molar-refractivity contribution is 9.10. The van der Waals surface area contributed by atoms with Gasteiger partial charge in [-0.3, -0.25) is 4.79 Å². The molecule has 23 heavy (non-hydrogen) atoms. The van der Waals surface area contributed by atoms with Crippen LogP contribution in [0.2, 0.25) is 0 Å². The summed E-state index contributed by atoms with van der Waals surface area (Å²) in [7, 11) is 0. The van der Waals surface area contributed by atoms with Crippen LogP contribution in [0.5, 0.6) is 5.75 Å². The van der Waals surface area contributed by atoms with Crippen LogP contribution < -0.4 is 10.1 Å². The number of halogens is 1. The summed E-state index contributed by atoms with van der Waals surface area (Å²) in [6.45, 7) is 1.21. The molecule has 0 radical (unpaired) electrons. The Balaban J connectivity index is 1.76. The lowest BCUT2D eigenvalue weighted by atomic mass is 10.2. The fourth-order valence-electron chi connectivity index (χ4n) is 2.01. The number of carbonyl (C=O) groups is 1. The van der Waals surface area contributed by atoms with Crippen molar-refractivity contribution < 1.29 is 9.53 Å². The molecule has 1 fully saturated rings. The van der Waals surface area contributed by atoms with Crippen molar-refractivity contribution in [2.24, 2.45) is 0 Å². The monoisotopic (exact) mass is 409 g/mol. The molecule has 1 aromatic carbocycles. The Bertz CT molecular complexity index is 775. The molecule has 3 rings (SSSR count). The Morgan fingerprint density at radius 2 is 2.35 bits per heavy atom. The molecule has 0 spiro atoms. The molecule has 2 aromatic rings. The first-order valence-electron chi connectivity index (χ1n) is 6.75. The van der Waals surface area contributed by atoms with E-state index < -0.39 is 0 Å². The van der Waals surface area contributed by atoms with Gasteiger partial charge in [0.05, 0.1) is 17.8 Å². The number of thiocarbonyl (C=S) groups is 1. The highest BCUT2D eigenvalue weighted by atomic mass is 79.9. The first-order valence-corrected chi connectivity index (χ1v) is 8.76. The van der Waals surface area contributed by atoms with E-state index in [1.807, 2.05) is 29.0 Å². The van der Waals surface area contributed by atoms with E-state index in [1.54, 1.807) is 18.6 Å². The number of hydrogen-bond donors (Lipinski definition) is 1. The second-order valence-corrected chi connectivity index (χ2v) is 7.32. The average molecular weight is 410 g/mol. The third-order valence-electron chi connectivity index (χ3n) is 3.07. The van der Waals surface area contributed by atoms with Gasteiger partial charge in [0.2, 0.25) is 0 Å². The Hall–Kier alpha value is -1.64. The molecule has 118 valence electrons. The highest BCUT2D eigenvalue weighted by Gasteiger charge is 2.22. The van der Waals surface area contributed by atoms with Crippen LogP contribution in [0.3, 0.4) is 0 Å². The van der Waals surface area contributed by atoms with Gasteiger partial charge in [0.15, 0.2) is 0 Å². The first-order chi connectivity index (χ1) is 11.1. The predicted molar refractivity (Wildman–Crippen MR) is 98.2 cm³/mol. The van der Waals surface area contributed by atoms with Gasteiger partial charge in [-0.1, -0.05) is 39.9 Å². The van der Waals surface area contributed by atoms with Gasteiger partial charge in [-0.05, 0) is 24.3 Å². The minimum Gasteiger partial charge on any atom is -0.491 e. The van der Waals surface area contributed by atoms with E-state index in [1.165, 1.54) is 11.8 Å². The lowest BCUT2D eigenvalue weighted by Crippen LogP contribution is -2.17. The Morgan fingerprint density at radius 1 is 1.48 bits per heavy atom. The largest absolute Gasteiger partial charge is 0.491 e. The maximum Gasteiger partial charge on any atom is 0.263 e. The third-order valence-corrected chi connectivity index (χ3v) is 4.72. The van der Waals surface area contributed by atoms with Crippen molar-refractivity contribution in [2.75, 3.05) is 6.61 Å². The molecule has 1 saturated heterocycles. The van der Waals surface area contributed by atoms with Crippen molar-refractivity contribution in [3.63, 3.8) is 0 Å². The zero-order chi connectivity index (χ0) is 16.2. The summed E-state index contributed by atoms with van der Waals surface area (Å²) in [4.78, 5) is 16.4. The molecule has 1 aliphatic heterocycles. The molecule has 2 heterocycles. The topological polar surface area (TPSA) is 56.1 Å². The second kappa shape index (κ2) is 7.29. The number of nitrogens with zero attached hydrogens (tertiary/aromatic N) is 2. The molecule has 8 heteroatoms. The molecule has 1 aliphatic rings. The normalized spacial score (nSPS) is 16.0. The molecule has 1 N–H and O–H groups in total. The van der Waals surface area contributed by atoms with Crippen LogP contribution in [-0.4, -0.2) is 26.4 Å². The Labute approximate surface area is 151 Å². The van der Waals surface area contributed by atoms with Crippen LogP contribution in [0.4, 0.5) is 0 Å². The average Bonchev–Trinajstić information content (AvgIpc) is 3.12. The van der Waals surface area contributed by atoms with E-state index in [2.05, 4.69) is 26.2 Å². The zero-order valence-electron chi connectivity index (χ0n) is 11.9. The van der Waals surface area contributed by atoms with Gasteiger partial charge in [0, 0.05) is 22.4 Å². The lowest BCUT2D eigenvalue weighted by Gasteiger charge is -2.10. The summed E-state index contributed by atoms with van der Waals surface area (Å²) >= 11 is 9.70. The number of thioether (sulfide) groups is 1. The fourth-order valence-corrected chi connectivity index (χ4v) is 3.42. The van der Waals surface area contributed by atoms with Gasteiger partial charge in [0.25, 0.3) is 5.91 Å². The number of ether oxygens (including phenoxy) is 1. The van der Waals surface area contributed by atoms with Gasteiger partial charge in [-0.15, -0.1) is 0 Å². The van der Waals surface area contributed by atoms with Crippen molar-refractivity contribution in [3.05, 3.63) is 51.9 Å². The van der Waals surface area contributed by atoms with E-state index in [4.69, 9.17) is 17.0 Å². The molecule has 0 aliphatic carbocycles. The van der Waals surface area contributed by atoms with Crippen molar-refractivity contribution in [1.82, 2.24) is 14.9 Å². The number of aromatic nitrogens is 2. The van der Waals surface area contributed by atoms with Crippen LogP contribution in [0.25, 0.3) is 6.08 Å². The first kappa shape index (κ1) is 16.2. The van der Waals surface area contributed by atoms with Gasteiger partial charge >= 0.3 is 0 Å². The molecular weight excluding hydrogens is 398 g/mol. The van der Waals surface area contributed by atoms with E-state index in [0.717, 1.165) is 10.0 Å². The standard InChI is InChI=1S/C15H12BrN3O2S2/c16-11-1-2-12(21-6-5-19-4-3-17-9-19)10(7-11)8-13-14(20)18-15(22)23-13/h1-4,7-9H,5-6H2,(H,18,20,22)/b13-8+. The third kappa shape index (κ3) is 4.21. The Kier molecular flexibility index (Phi) is 5.14. The highest BCUT2D eigenvalue weighted by Crippen LogP contribution is 2.31. The fraction of sp³-hybridized carbons (Fsp3) is 0.133. The van der Waals surface area contributed by atoms with Crippen molar-refractivity contribution in [1.29, 1.82) is 0 Å². The predicted octanol–water partition coefficient (Wildman–Crippen LogP) is 3.21. The number of amides is 1. The zero-order valence-corrected chi connectivity index (χ0v) is 15.1. The van der Waals surface area contributed by atoms with Crippen molar-refractivity contribution in [3.8, 4) is 5.75 Å². The van der Waals surface area contributed by atoms with E-state index in [0.29, 0.717) is 28.1 Å². The number of imidazole rings is 1. The van der Waals surface area contributed by atoms with E-state index >= 15 is 0 Å². The van der Waals surface area contributed by atoms with Crippen LogP contribution in [0.15, 0.2) is 46.3 Å². The maximum atomic E-state index is 11.8.